The molecule has 9 heteroatoms. The van der Waals surface area contributed by atoms with Gasteiger partial charge in [-0.15, -0.1) is 0 Å². The highest BCUT2D eigenvalue weighted by atomic mass is 32.2. The maximum absolute atomic E-state index is 12.2. The number of aryl methyl sites for hydroxylation is 1. The standard InChI is InChI=1S/C16H17N3O5S/c1-3-24-16-7-5-4-6-13(16)11-17-18-25(22,23)14-9-8-12(2)15(10-14)19(20)21/h4-11,18H,3H2,1-2H3/b17-11-. The second-order valence-electron chi connectivity index (χ2n) is 5.03. The lowest BCUT2D eigenvalue weighted by atomic mass is 10.2. The zero-order valence-corrected chi connectivity index (χ0v) is 14.5. The van der Waals surface area contributed by atoms with Crippen molar-refractivity contribution in [2.24, 2.45) is 5.10 Å². The minimum atomic E-state index is -4.02. The summed E-state index contributed by atoms with van der Waals surface area (Å²) in [6.07, 6.45) is 1.31. The number of sulfonamides is 1. The van der Waals surface area contributed by atoms with Gasteiger partial charge in [-0.3, -0.25) is 10.1 Å². The fraction of sp³-hybridized carbons (Fsp3) is 0.188. The summed E-state index contributed by atoms with van der Waals surface area (Å²) in [6, 6.07) is 10.7. The van der Waals surface area contributed by atoms with Gasteiger partial charge in [-0.2, -0.15) is 13.5 Å². The van der Waals surface area contributed by atoms with E-state index in [2.05, 4.69) is 5.10 Å². The summed E-state index contributed by atoms with van der Waals surface area (Å²) >= 11 is 0. The van der Waals surface area contributed by atoms with Crippen molar-refractivity contribution in [3.05, 3.63) is 63.7 Å². The average Bonchev–Trinajstić information content (AvgIpc) is 2.56. The Bertz CT molecular complexity index is 910. The molecule has 0 heterocycles. The minimum Gasteiger partial charge on any atom is -0.493 e. The topological polar surface area (TPSA) is 111 Å². The molecule has 0 saturated heterocycles. The van der Waals surface area contributed by atoms with E-state index in [0.29, 0.717) is 23.5 Å². The van der Waals surface area contributed by atoms with Gasteiger partial charge in [-0.1, -0.05) is 18.2 Å². The second kappa shape index (κ2) is 7.75. The highest BCUT2D eigenvalue weighted by Crippen LogP contribution is 2.22. The number of para-hydroxylation sites is 1. The van der Waals surface area contributed by atoms with Crippen molar-refractivity contribution in [1.82, 2.24) is 4.83 Å². The van der Waals surface area contributed by atoms with E-state index in [9.17, 15) is 18.5 Å². The van der Waals surface area contributed by atoms with Crippen LogP contribution in [0.25, 0.3) is 0 Å². The quantitative estimate of drug-likeness (QED) is 0.462. The molecule has 1 N–H and O–H groups in total. The van der Waals surface area contributed by atoms with Crippen LogP contribution >= 0.6 is 0 Å². The number of nitrogens with zero attached hydrogens (tertiary/aromatic N) is 2. The van der Waals surface area contributed by atoms with Gasteiger partial charge in [0, 0.05) is 17.2 Å². The third-order valence-electron chi connectivity index (χ3n) is 3.28. The molecule has 0 fully saturated rings. The monoisotopic (exact) mass is 363 g/mol. The molecule has 0 atom stereocenters. The van der Waals surface area contributed by atoms with Crippen LogP contribution in [0.1, 0.15) is 18.1 Å². The maximum Gasteiger partial charge on any atom is 0.276 e. The zero-order chi connectivity index (χ0) is 18.4. The van der Waals surface area contributed by atoms with E-state index >= 15 is 0 Å². The van der Waals surface area contributed by atoms with E-state index < -0.39 is 14.9 Å². The molecule has 8 nitrogen and oxygen atoms in total. The van der Waals surface area contributed by atoms with Crippen LogP contribution in [0.3, 0.4) is 0 Å². The van der Waals surface area contributed by atoms with Gasteiger partial charge < -0.3 is 4.74 Å². The molecule has 0 unspecified atom stereocenters. The fourth-order valence-corrected chi connectivity index (χ4v) is 2.86. The number of rotatable bonds is 7. The van der Waals surface area contributed by atoms with Gasteiger partial charge in [0.05, 0.1) is 22.6 Å². The summed E-state index contributed by atoms with van der Waals surface area (Å²) in [4.78, 5) is 12.1. The zero-order valence-electron chi connectivity index (χ0n) is 13.7. The minimum absolute atomic E-state index is 0.236. The molecule has 2 aromatic rings. The van der Waals surface area contributed by atoms with Crippen LogP contribution in [-0.2, 0) is 10.0 Å². The number of hydrazone groups is 1. The molecule has 0 saturated carbocycles. The Kier molecular flexibility index (Phi) is 5.71. The molecule has 0 radical (unpaired) electrons. The Labute approximate surface area is 145 Å². The Morgan fingerprint density at radius 1 is 1.28 bits per heavy atom. The first-order chi connectivity index (χ1) is 11.8. The first-order valence-corrected chi connectivity index (χ1v) is 8.85. The molecule has 0 aromatic heterocycles. The van der Waals surface area contributed by atoms with Gasteiger partial charge in [0.2, 0.25) is 0 Å². The van der Waals surface area contributed by atoms with Crippen molar-refractivity contribution in [3.63, 3.8) is 0 Å². The van der Waals surface area contributed by atoms with Crippen LogP contribution in [0.15, 0.2) is 52.5 Å². The summed E-state index contributed by atoms with van der Waals surface area (Å²) in [6.45, 7) is 3.83. The largest absolute Gasteiger partial charge is 0.493 e. The molecular weight excluding hydrogens is 346 g/mol. The Hall–Kier alpha value is -2.94. The van der Waals surface area contributed by atoms with Crippen LogP contribution < -0.4 is 9.57 Å². The first kappa shape index (κ1) is 18.4. The van der Waals surface area contributed by atoms with Crippen molar-refractivity contribution in [1.29, 1.82) is 0 Å². The average molecular weight is 363 g/mol. The predicted molar refractivity (Wildman–Crippen MR) is 93.4 cm³/mol. The van der Waals surface area contributed by atoms with Gasteiger partial charge in [-0.25, -0.2) is 4.83 Å². The van der Waals surface area contributed by atoms with E-state index in [-0.39, 0.29) is 10.6 Å². The van der Waals surface area contributed by atoms with E-state index in [4.69, 9.17) is 4.74 Å². The molecule has 0 aliphatic carbocycles. The van der Waals surface area contributed by atoms with E-state index in [0.717, 1.165) is 6.07 Å². The number of nitro benzene ring substituents is 1. The Balaban J connectivity index is 2.23. The molecule has 25 heavy (non-hydrogen) atoms. The smallest absolute Gasteiger partial charge is 0.276 e. The maximum atomic E-state index is 12.2. The summed E-state index contributed by atoms with van der Waals surface area (Å²) in [5, 5.41) is 14.7. The van der Waals surface area contributed by atoms with Crippen molar-refractivity contribution in [2.75, 3.05) is 6.61 Å². The number of benzene rings is 2. The van der Waals surface area contributed by atoms with Crippen molar-refractivity contribution in [2.45, 2.75) is 18.7 Å². The summed E-state index contributed by atoms with van der Waals surface area (Å²) in [7, 11) is -4.02. The first-order valence-electron chi connectivity index (χ1n) is 7.37. The molecule has 2 rings (SSSR count). The van der Waals surface area contributed by atoms with Crippen molar-refractivity contribution in [3.8, 4) is 5.75 Å². The van der Waals surface area contributed by atoms with Gasteiger partial charge in [0.25, 0.3) is 15.7 Å². The number of nitrogens with one attached hydrogen (secondary N) is 1. The van der Waals surface area contributed by atoms with E-state index in [1.807, 2.05) is 11.8 Å². The van der Waals surface area contributed by atoms with Gasteiger partial charge >= 0.3 is 0 Å². The second-order valence-corrected chi connectivity index (χ2v) is 6.69. The van der Waals surface area contributed by atoms with Gasteiger partial charge in [-0.05, 0) is 32.0 Å². The molecular formula is C16H17N3O5S. The highest BCUT2D eigenvalue weighted by molar-refractivity contribution is 7.89. The number of hydrogen-bond acceptors (Lipinski definition) is 6. The summed E-state index contributed by atoms with van der Waals surface area (Å²) in [5.74, 6) is 0.568. The summed E-state index contributed by atoms with van der Waals surface area (Å²) in [5.41, 5.74) is 0.702. The molecule has 0 aliphatic heterocycles. The number of ether oxygens (including phenoxy) is 1. The Morgan fingerprint density at radius 3 is 2.68 bits per heavy atom. The molecule has 0 bridgehead atoms. The van der Waals surface area contributed by atoms with Crippen LogP contribution in [0.2, 0.25) is 0 Å². The van der Waals surface area contributed by atoms with Crippen LogP contribution in [0, 0.1) is 17.0 Å². The van der Waals surface area contributed by atoms with E-state index in [1.165, 1.54) is 25.3 Å². The van der Waals surface area contributed by atoms with E-state index in [1.54, 1.807) is 24.3 Å². The molecule has 2 aromatic carbocycles. The molecule has 0 spiro atoms. The lowest BCUT2D eigenvalue weighted by Gasteiger charge is -2.07. The molecule has 0 aliphatic rings. The number of hydrogen-bond donors (Lipinski definition) is 1. The van der Waals surface area contributed by atoms with Crippen LogP contribution in [0.5, 0.6) is 5.75 Å². The van der Waals surface area contributed by atoms with Crippen molar-refractivity contribution < 1.29 is 18.1 Å². The van der Waals surface area contributed by atoms with Crippen molar-refractivity contribution >= 4 is 21.9 Å². The van der Waals surface area contributed by atoms with Gasteiger partial charge in [0.15, 0.2) is 0 Å². The Morgan fingerprint density at radius 2 is 2.00 bits per heavy atom. The predicted octanol–water partition coefficient (Wildman–Crippen LogP) is 2.61. The normalized spacial score (nSPS) is 11.4. The summed E-state index contributed by atoms with van der Waals surface area (Å²) < 4.78 is 29.9. The lowest BCUT2D eigenvalue weighted by Crippen LogP contribution is -2.18. The molecule has 0 amide bonds. The fourth-order valence-electron chi connectivity index (χ4n) is 2.05. The SMILES string of the molecule is CCOc1ccccc1/C=N\NS(=O)(=O)c1ccc(C)c([N+](=O)[O-])c1. The lowest BCUT2D eigenvalue weighted by molar-refractivity contribution is -0.385. The van der Waals surface area contributed by atoms with Crippen LogP contribution in [0.4, 0.5) is 5.69 Å². The number of nitro groups is 1. The third kappa shape index (κ3) is 4.54. The van der Waals surface area contributed by atoms with Gasteiger partial charge in [0.1, 0.15) is 5.75 Å². The van der Waals surface area contributed by atoms with Crippen LogP contribution in [-0.4, -0.2) is 26.2 Å². The highest BCUT2D eigenvalue weighted by Gasteiger charge is 2.19. The molecule has 132 valence electrons. The third-order valence-corrected chi connectivity index (χ3v) is 4.50.